The summed E-state index contributed by atoms with van der Waals surface area (Å²) in [5.74, 6) is 0.217. The van der Waals surface area contributed by atoms with Gasteiger partial charge in [0.1, 0.15) is 12.4 Å². The zero-order valence-corrected chi connectivity index (χ0v) is 10.3. The second kappa shape index (κ2) is 6.65. The number of esters is 1. The summed E-state index contributed by atoms with van der Waals surface area (Å²) in [5.41, 5.74) is 4.81. The minimum Gasteiger partial charge on any atom is -0.463 e. The molecule has 18 heavy (non-hydrogen) atoms. The smallest absolute Gasteiger partial charge is 0.404 e. The molecule has 1 aromatic heterocycles. The highest BCUT2D eigenvalue weighted by Gasteiger charge is 2.14. The molecule has 1 amide bonds. The van der Waals surface area contributed by atoms with Crippen molar-refractivity contribution in [1.29, 1.82) is 0 Å². The van der Waals surface area contributed by atoms with E-state index in [0.29, 0.717) is 12.3 Å². The Morgan fingerprint density at radius 1 is 1.50 bits per heavy atom. The molecule has 1 rings (SSSR count). The molecule has 1 aromatic rings. The molecule has 0 aliphatic heterocycles. The van der Waals surface area contributed by atoms with Gasteiger partial charge < -0.3 is 24.9 Å². The predicted molar refractivity (Wildman–Crippen MR) is 62.0 cm³/mol. The third kappa shape index (κ3) is 4.10. The van der Waals surface area contributed by atoms with Gasteiger partial charge in [0.25, 0.3) is 0 Å². The molecule has 1 heterocycles. The highest BCUT2D eigenvalue weighted by molar-refractivity contribution is 5.86. The van der Waals surface area contributed by atoms with Crippen molar-refractivity contribution in [2.45, 2.75) is 13.0 Å². The fourth-order valence-electron chi connectivity index (χ4n) is 1.32. The topological polar surface area (TPSA) is 104 Å². The lowest BCUT2D eigenvalue weighted by Gasteiger charge is -2.10. The lowest BCUT2D eigenvalue weighted by molar-refractivity contribution is 0.0562. The number of primary amides is 1. The summed E-state index contributed by atoms with van der Waals surface area (Å²) in [6, 6.07) is 3.10. The van der Waals surface area contributed by atoms with E-state index in [1.165, 1.54) is 7.11 Å². The van der Waals surface area contributed by atoms with Gasteiger partial charge in [0, 0.05) is 6.54 Å². The number of nitrogens with one attached hydrogen (secondary N) is 1. The number of rotatable bonds is 6. The third-order valence-electron chi connectivity index (χ3n) is 2.24. The highest BCUT2D eigenvalue weighted by atomic mass is 16.5. The summed E-state index contributed by atoms with van der Waals surface area (Å²) >= 11 is 0. The van der Waals surface area contributed by atoms with Gasteiger partial charge in [0.2, 0.25) is 5.76 Å². The van der Waals surface area contributed by atoms with Crippen molar-refractivity contribution >= 4 is 12.1 Å². The Hall–Kier alpha value is -2.02. The molecule has 1 atom stereocenters. The molecular weight excluding hydrogens is 240 g/mol. The molecule has 3 N–H and O–H groups in total. The van der Waals surface area contributed by atoms with Gasteiger partial charge >= 0.3 is 12.1 Å². The number of furan rings is 1. The first-order valence-electron chi connectivity index (χ1n) is 5.38. The van der Waals surface area contributed by atoms with E-state index in [9.17, 15) is 9.59 Å². The first kappa shape index (κ1) is 14.0. The minimum atomic E-state index is -0.810. The van der Waals surface area contributed by atoms with Crippen molar-refractivity contribution in [2.24, 2.45) is 5.73 Å². The number of amides is 1. The third-order valence-corrected chi connectivity index (χ3v) is 2.24. The largest absolute Gasteiger partial charge is 0.463 e. The zero-order chi connectivity index (χ0) is 13.5. The molecular formula is C11H16N2O5. The first-order valence-corrected chi connectivity index (χ1v) is 5.38. The maximum atomic E-state index is 11.2. The van der Waals surface area contributed by atoms with Crippen LogP contribution in [0.2, 0.25) is 0 Å². The second-order valence-electron chi connectivity index (χ2n) is 3.54. The van der Waals surface area contributed by atoms with E-state index in [-0.39, 0.29) is 18.4 Å². The van der Waals surface area contributed by atoms with E-state index >= 15 is 0 Å². The van der Waals surface area contributed by atoms with Crippen LogP contribution in [0.25, 0.3) is 0 Å². The Balaban J connectivity index is 2.41. The quantitative estimate of drug-likeness (QED) is 0.576. The van der Waals surface area contributed by atoms with Crippen molar-refractivity contribution in [3.63, 3.8) is 0 Å². The van der Waals surface area contributed by atoms with Gasteiger partial charge in [-0.05, 0) is 19.1 Å². The Bertz CT molecular complexity index is 415. The van der Waals surface area contributed by atoms with E-state index in [0.717, 1.165) is 0 Å². The summed E-state index contributed by atoms with van der Waals surface area (Å²) in [7, 11) is 1.29. The SMILES string of the molecule is COC(=O)c1ccc(C(C)NCCOC(N)=O)o1. The van der Waals surface area contributed by atoms with E-state index in [4.69, 9.17) is 10.2 Å². The van der Waals surface area contributed by atoms with Crippen molar-refractivity contribution in [2.75, 3.05) is 20.3 Å². The molecule has 0 radical (unpaired) electrons. The molecule has 7 nitrogen and oxygen atoms in total. The number of carbonyl (C=O) groups is 2. The fraction of sp³-hybridized carbons (Fsp3) is 0.455. The van der Waals surface area contributed by atoms with Crippen molar-refractivity contribution in [1.82, 2.24) is 5.32 Å². The lowest BCUT2D eigenvalue weighted by atomic mass is 10.2. The molecule has 1 unspecified atom stereocenters. The minimum absolute atomic E-state index is 0.125. The molecule has 100 valence electrons. The molecule has 0 fully saturated rings. The average molecular weight is 256 g/mol. The van der Waals surface area contributed by atoms with Crippen LogP contribution in [0.15, 0.2) is 16.5 Å². The summed E-state index contributed by atoms with van der Waals surface area (Å²) in [6.07, 6.45) is -0.810. The number of nitrogens with two attached hydrogens (primary N) is 1. The van der Waals surface area contributed by atoms with Crippen LogP contribution in [-0.4, -0.2) is 32.3 Å². The Morgan fingerprint density at radius 3 is 2.83 bits per heavy atom. The molecule has 0 bridgehead atoms. The zero-order valence-electron chi connectivity index (χ0n) is 10.3. The van der Waals surface area contributed by atoms with Gasteiger partial charge in [-0.2, -0.15) is 0 Å². The first-order chi connectivity index (χ1) is 8.54. The van der Waals surface area contributed by atoms with Gasteiger partial charge in [-0.15, -0.1) is 0 Å². The summed E-state index contributed by atoms with van der Waals surface area (Å²) in [6.45, 7) is 2.45. The molecule has 0 aromatic carbocycles. The van der Waals surface area contributed by atoms with Crippen molar-refractivity contribution < 1.29 is 23.5 Å². The molecule has 7 heteroatoms. The Kier molecular flexibility index (Phi) is 5.19. The van der Waals surface area contributed by atoms with Gasteiger partial charge in [-0.3, -0.25) is 0 Å². The van der Waals surface area contributed by atoms with Crippen LogP contribution in [0.1, 0.15) is 29.3 Å². The van der Waals surface area contributed by atoms with Crippen LogP contribution in [0, 0.1) is 0 Å². The maximum absolute atomic E-state index is 11.2. The maximum Gasteiger partial charge on any atom is 0.404 e. The standard InChI is InChI=1S/C11H16N2O5/c1-7(13-5-6-17-11(12)15)8-3-4-9(18-8)10(14)16-2/h3-4,7,13H,5-6H2,1-2H3,(H2,12,15). The number of hydrogen-bond acceptors (Lipinski definition) is 6. The van der Waals surface area contributed by atoms with Crippen molar-refractivity contribution in [3.05, 3.63) is 23.7 Å². The highest BCUT2D eigenvalue weighted by Crippen LogP contribution is 2.16. The average Bonchev–Trinajstić information content (AvgIpc) is 2.82. The summed E-state index contributed by atoms with van der Waals surface area (Å²) in [5, 5.41) is 3.05. The van der Waals surface area contributed by atoms with Gasteiger partial charge in [-0.1, -0.05) is 0 Å². The Labute approximate surface area is 104 Å². The normalized spacial score (nSPS) is 11.9. The van der Waals surface area contributed by atoms with Crippen molar-refractivity contribution in [3.8, 4) is 0 Å². The van der Waals surface area contributed by atoms with E-state index in [1.807, 2.05) is 6.92 Å². The van der Waals surface area contributed by atoms with Crippen LogP contribution in [0.3, 0.4) is 0 Å². The molecule has 0 aliphatic rings. The van der Waals surface area contributed by atoms with Gasteiger partial charge in [-0.25, -0.2) is 9.59 Å². The number of hydrogen-bond donors (Lipinski definition) is 2. The monoisotopic (exact) mass is 256 g/mol. The second-order valence-corrected chi connectivity index (χ2v) is 3.54. The van der Waals surface area contributed by atoms with Gasteiger partial charge in [0.15, 0.2) is 0 Å². The summed E-state index contributed by atoms with van der Waals surface area (Å²) in [4.78, 5) is 21.5. The Morgan fingerprint density at radius 2 is 2.22 bits per heavy atom. The van der Waals surface area contributed by atoms with E-state index in [2.05, 4.69) is 14.8 Å². The van der Waals surface area contributed by atoms with Crippen LogP contribution < -0.4 is 11.1 Å². The molecule has 0 saturated carbocycles. The van der Waals surface area contributed by atoms with Crippen LogP contribution in [-0.2, 0) is 9.47 Å². The van der Waals surface area contributed by atoms with E-state index in [1.54, 1.807) is 12.1 Å². The molecule has 0 saturated heterocycles. The molecule has 0 spiro atoms. The number of methoxy groups -OCH3 is 1. The van der Waals surface area contributed by atoms with Crippen LogP contribution in [0.5, 0.6) is 0 Å². The fourth-order valence-corrected chi connectivity index (χ4v) is 1.32. The molecule has 0 aliphatic carbocycles. The number of ether oxygens (including phenoxy) is 2. The van der Waals surface area contributed by atoms with Crippen LogP contribution in [0.4, 0.5) is 4.79 Å². The van der Waals surface area contributed by atoms with E-state index < -0.39 is 12.1 Å². The van der Waals surface area contributed by atoms with Gasteiger partial charge in [0.05, 0.1) is 13.2 Å². The predicted octanol–water partition coefficient (Wildman–Crippen LogP) is 0.812. The summed E-state index contributed by atoms with van der Waals surface area (Å²) < 4.78 is 14.4. The lowest BCUT2D eigenvalue weighted by Crippen LogP contribution is -2.25. The number of carbonyl (C=O) groups excluding carboxylic acids is 2. The van der Waals surface area contributed by atoms with Crippen LogP contribution >= 0.6 is 0 Å².